The van der Waals surface area contributed by atoms with Gasteiger partial charge in [0.15, 0.2) is 5.49 Å². The number of hydrogen-bond donors (Lipinski definition) is 2. The van der Waals surface area contributed by atoms with Crippen LogP contribution in [0.1, 0.15) is 0 Å². The maximum Gasteiger partial charge on any atom is 0.237 e. The standard InChI is InChI=1S/C18H15ClN4O2/c1-21-16-9-10-17(22-23(16)18(19)20)25-15-8-7-13(24)11-14(15)12-5-3-2-4-6-12/h2-11,20,24H,1H3. The minimum Gasteiger partial charge on any atom is -0.508 e. The molecule has 0 spiro atoms. The van der Waals surface area contributed by atoms with Gasteiger partial charge in [-0.25, -0.2) is 0 Å². The summed E-state index contributed by atoms with van der Waals surface area (Å²) < 4.78 is 7.04. The quantitative estimate of drug-likeness (QED) is 0.556. The molecule has 0 atom stereocenters. The van der Waals surface area contributed by atoms with Gasteiger partial charge in [0.1, 0.15) is 11.5 Å². The molecule has 0 unspecified atom stereocenters. The van der Waals surface area contributed by atoms with Gasteiger partial charge in [0.25, 0.3) is 0 Å². The molecule has 25 heavy (non-hydrogen) atoms. The summed E-state index contributed by atoms with van der Waals surface area (Å²) in [5, 5.41) is 21.3. The molecule has 3 aromatic rings. The van der Waals surface area contributed by atoms with Crippen LogP contribution in [0.25, 0.3) is 11.1 Å². The first-order valence-corrected chi connectivity index (χ1v) is 7.80. The Kier molecular flexibility index (Phi) is 4.81. The van der Waals surface area contributed by atoms with Gasteiger partial charge in [0.2, 0.25) is 11.2 Å². The lowest BCUT2D eigenvalue weighted by molar-refractivity contribution is 0.445. The van der Waals surface area contributed by atoms with Crippen molar-refractivity contribution >= 4 is 16.9 Å². The maximum absolute atomic E-state index is 9.82. The van der Waals surface area contributed by atoms with E-state index in [1.807, 2.05) is 30.3 Å². The Hall–Kier alpha value is -3.12. The van der Waals surface area contributed by atoms with Crippen molar-refractivity contribution in [1.29, 1.82) is 5.41 Å². The maximum atomic E-state index is 9.82. The third-order valence-electron chi connectivity index (χ3n) is 3.47. The van der Waals surface area contributed by atoms with Crippen molar-refractivity contribution in [3.63, 3.8) is 0 Å². The van der Waals surface area contributed by atoms with Gasteiger partial charge in [-0.15, -0.1) is 5.10 Å². The number of phenolic OH excluding ortho intramolecular Hbond substituents is 1. The lowest BCUT2D eigenvalue weighted by Gasteiger charge is -2.12. The predicted octanol–water partition coefficient (Wildman–Crippen LogP) is 3.60. The highest BCUT2D eigenvalue weighted by Gasteiger charge is 2.11. The van der Waals surface area contributed by atoms with Crippen LogP contribution in [0.2, 0.25) is 0 Å². The van der Waals surface area contributed by atoms with E-state index in [2.05, 4.69) is 10.1 Å². The van der Waals surface area contributed by atoms with Crippen molar-refractivity contribution in [3.05, 3.63) is 66.2 Å². The summed E-state index contributed by atoms with van der Waals surface area (Å²) in [5.41, 5.74) is 2.05. The van der Waals surface area contributed by atoms with Gasteiger partial charge in [-0.2, -0.15) is 4.68 Å². The Bertz CT molecular complexity index is 984. The molecule has 7 heteroatoms. The molecule has 6 nitrogen and oxygen atoms in total. The number of aromatic hydroxyl groups is 1. The molecule has 126 valence electrons. The van der Waals surface area contributed by atoms with Crippen molar-refractivity contribution in [2.24, 2.45) is 4.99 Å². The third kappa shape index (κ3) is 3.70. The number of halogens is 1. The van der Waals surface area contributed by atoms with Gasteiger partial charge in [-0.1, -0.05) is 30.3 Å². The molecular weight excluding hydrogens is 340 g/mol. The van der Waals surface area contributed by atoms with E-state index in [1.54, 1.807) is 31.3 Å². The number of hydrogen-bond acceptors (Lipinski definition) is 5. The van der Waals surface area contributed by atoms with Crippen molar-refractivity contribution in [2.45, 2.75) is 0 Å². The summed E-state index contributed by atoms with van der Waals surface area (Å²) in [6.45, 7) is 0. The molecule has 0 fully saturated rings. The lowest BCUT2D eigenvalue weighted by Crippen LogP contribution is -2.26. The van der Waals surface area contributed by atoms with Crippen molar-refractivity contribution in [2.75, 3.05) is 7.05 Å². The van der Waals surface area contributed by atoms with E-state index >= 15 is 0 Å². The molecule has 2 N–H and O–H groups in total. The number of phenols is 1. The highest BCUT2D eigenvalue weighted by Crippen LogP contribution is 2.35. The van der Waals surface area contributed by atoms with Crippen molar-refractivity contribution < 1.29 is 9.84 Å². The predicted molar refractivity (Wildman–Crippen MR) is 96.3 cm³/mol. The highest BCUT2D eigenvalue weighted by atomic mass is 35.5. The Morgan fingerprint density at radius 2 is 1.92 bits per heavy atom. The fourth-order valence-electron chi connectivity index (χ4n) is 2.33. The summed E-state index contributed by atoms with van der Waals surface area (Å²) in [5.74, 6) is 0.905. The minimum atomic E-state index is -0.292. The molecule has 0 aliphatic rings. The monoisotopic (exact) mass is 354 g/mol. The first-order chi connectivity index (χ1) is 12.1. The Morgan fingerprint density at radius 1 is 1.16 bits per heavy atom. The van der Waals surface area contributed by atoms with Crippen LogP contribution in [0.15, 0.2) is 65.7 Å². The molecule has 2 aromatic carbocycles. The summed E-state index contributed by atoms with van der Waals surface area (Å²) in [7, 11) is 1.58. The van der Waals surface area contributed by atoms with Gasteiger partial charge in [-0.3, -0.25) is 10.4 Å². The number of rotatable bonds is 3. The zero-order valence-electron chi connectivity index (χ0n) is 13.3. The number of aromatic nitrogens is 2. The molecule has 0 saturated heterocycles. The molecule has 0 bridgehead atoms. The summed E-state index contributed by atoms with van der Waals surface area (Å²) in [6.07, 6.45) is 0. The largest absolute Gasteiger partial charge is 0.508 e. The van der Waals surface area contributed by atoms with Gasteiger partial charge in [0.05, 0.1) is 0 Å². The molecule has 0 radical (unpaired) electrons. The molecule has 1 heterocycles. The van der Waals surface area contributed by atoms with E-state index < -0.39 is 0 Å². The fraction of sp³-hybridized carbons (Fsp3) is 0.0556. The average molecular weight is 355 g/mol. The van der Waals surface area contributed by atoms with Crippen LogP contribution in [0.3, 0.4) is 0 Å². The third-order valence-corrected chi connectivity index (χ3v) is 3.63. The van der Waals surface area contributed by atoms with Crippen LogP contribution >= 0.6 is 11.6 Å². The number of benzene rings is 2. The van der Waals surface area contributed by atoms with E-state index in [1.165, 1.54) is 10.7 Å². The normalized spacial score (nSPS) is 11.4. The first-order valence-electron chi connectivity index (χ1n) is 7.42. The topological polar surface area (TPSA) is 83.5 Å². The molecule has 0 amide bonds. The summed E-state index contributed by atoms with van der Waals surface area (Å²) in [4.78, 5) is 4.00. The summed E-state index contributed by atoms with van der Waals surface area (Å²) in [6, 6.07) is 17.7. The SMILES string of the molecule is CN=c1ccc(Oc2ccc(O)cc2-c2ccccc2)nn1C(=N)Cl. The highest BCUT2D eigenvalue weighted by molar-refractivity contribution is 6.64. The second-order valence-corrected chi connectivity index (χ2v) is 5.46. The van der Waals surface area contributed by atoms with Crippen LogP contribution in [0, 0.1) is 5.41 Å². The summed E-state index contributed by atoms with van der Waals surface area (Å²) >= 11 is 5.75. The zero-order valence-corrected chi connectivity index (χ0v) is 14.1. The molecule has 3 rings (SSSR count). The molecule has 0 saturated carbocycles. The number of nitrogens with zero attached hydrogens (tertiary/aromatic N) is 3. The molecular formula is C18H15ClN4O2. The van der Waals surface area contributed by atoms with E-state index in [0.717, 1.165) is 11.1 Å². The van der Waals surface area contributed by atoms with Crippen molar-refractivity contribution in [1.82, 2.24) is 9.78 Å². The molecule has 1 aromatic heterocycles. The fourth-order valence-corrected chi connectivity index (χ4v) is 2.46. The van der Waals surface area contributed by atoms with Gasteiger partial charge in [-0.05, 0) is 41.4 Å². The Balaban J connectivity index is 2.05. The van der Waals surface area contributed by atoms with Crippen LogP contribution in [-0.2, 0) is 0 Å². The molecule has 0 aliphatic heterocycles. The first kappa shape index (κ1) is 16.7. The second-order valence-electron chi connectivity index (χ2n) is 5.10. The van der Waals surface area contributed by atoms with E-state index in [0.29, 0.717) is 11.2 Å². The Labute approximate surface area is 149 Å². The molecule has 0 aliphatic carbocycles. The van der Waals surface area contributed by atoms with Gasteiger partial charge < -0.3 is 9.84 Å². The Morgan fingerprint density at radius 3 is 2.60 bits per heavy atom. The van der Waals surface area contributed by atoms with Gasteiger partial charge in [0, 0.05) is 18.7 Å². The lowest BCUT2D eigenvalue weighted by atomic mass is 10.0. The number of ether oxygens (including phenoxy) is 1. The smallest absolute Gasteiger partial charge is 0.237 e. The average Bonchev–Trinajstić information content (AvgIpc) is 2.63. The van der Waals surface area contributed by atoms with Crippen LogP contribution in [0.4, 0.5) is 0 Å². The number of nitrogens with one attached hydrogen (secondary N) is 1. The van der Waals surface area contributed by atoms with E-state index in [4.69, 9.17) is 21.7 Å². The minimum absolute atomic E-state index is 0.136. The van der Waals surface area contributed by atoms with E-state index in [-0.39, 0.29) is 16.9 Å². The van der Waals surface area contributed by atoms with Crippen LogP contribution in [0.5, 0.6) is 17.4 Å². The van der Waals surface area contributed by atoms with Gasteiger partial charge >= 0.3 is 0 Å². The zero-order chi connectivity index (χ0) is 17.8. The van der Waals surface area contributed by atoms with Crippen LogP contribution in [-0.4, -0.2) is 27.2 Å². The van der Waals surface area contributed by atoms with E-state index in [9.17, 15) is 5.11 Å². The second kappa shape index (κ2) is 7.19. The van der Waals surface area contributed by atoms with Crippen LogP contribution < -0.4 is 10.2 Å². The van der Waals surface area contributed by atoms with Crippen molar-refractivity contribution in [3.8, 4) is 28.5 Å².